The lowest BCUT2D eigenvalue weighted by molar-refractivity contribution is 0.0764. The Morgan fingerprint density at radius 1 is 0.923 bits per heavy atom. The molecule has 0 spiro atoms. The number of rotatable bonds is 3. The number of amides is 1. The fourth-order valence-electron chi connectivity index (χ4n) is 3.28. The van der Waals surface area contributed by atoms with E-state index < -0.39 is 10.0 Å². The maximum Gasteiger partial charge on any atom is 0.253 e. The van der Waals surface area contributed by atoms with Crippen molar-refractivity contribution in [3.63, 3.8) is 0 Å². The summed E-state index contributed by atoms with van der Waals surface area (Å²) in [5.41, 5.74) is 2.43. The summed E-state index contributed by atoms with van der Waals surface area (Å²) in [5.74, 6) is -0.0381. The molecule has 1 aliphatic rings. The summed E-state index contributed by atoms with van der Waals surface area (Å²) in [6.45, 7) is 5.46. The maximum absolute atomic E-state index is 13.0. The molecule has 0 atom stereocenters. The van der Waals surface area contributed by atoms with Gasteiger partial charge in [-0.15, -0.1) is 0 Å². The van der Waals surface area contributed by atoms with Crippen LogP contribution in [0.1, 0.15) is 27.9 Å². The smallest absolute Gasteiger partial charge is 0.253 e. The highest BCUT2D eigenvalue weighted by atomic mass is 32.2. The highest BCUT2D eigenvalue weighted by molar-refractivity contribution is 7.89. The van der Waals surface area contributed by atoms with Crippen LogP contribution in [0.4, 0.5) is 0 Å². The molecule has 3 rings (SSSR count). The Labute approximate surface area is 155 Å². The number of benzene rings is 2. The second-order valence-corrected chi connectivity index (χ2v) is 8.59. The van der Waals surface area contributed by atoms with Gasteiger partial charge >= 0.3 is 0 Å². The fourth-order valence-corrected chi connectivity index (χ4v) is 4.98. The largest absolute Gasteiger partial charge is 0.337 e. The lowest BCUT2D eigenvalue weighted by atomic mass is 10.1. The zero-order valence-electron chi connectivity index (χ0n) is 15.2. The molecule has 0 unspecified atom stereocenters. The van der Waals surface area contributed by atoms with Crippen LogP contribution < -0.4 is 0 Å². The van der Waals surface area contributed by atoms with Crippen molar-refractivity contribution < 1.29 is 13.2 Å². The quantitative estimate of drug-likeness (QED) is 0.832. The van der Waals surface area contributed by atoms with Crippen LogP contribution in [0.2, 0.25) is 0 Å². The molecular formula is C20H24N2O3S. The predicted octanol–water partition coefficient (Wildman–Crippen LogP) is 2.84. The van der Waals surface area contributed by atoms with E-state index in [9.17, 15) is 13.2 Å². The average Bonchev–Trinajstić information content (AvgIpc) is 2.88. The molecule has 0 aliphatic carbocycles. The molecule has 0 N–H and O–H groups in total. The van der Waals surface area contributed by atoms with Crippen molar-refractivity contribution in [1.29, 1.82) is 0 Å². The highest BCUT2D eigenvalue weighted by Crippen LogP contribution is 2.21. The molecule has 0 radical (unpaired) electrons. The Bertz CT molecular complexity index is 909. The molecule has 1 heterocycles. The van der Waals surface area contributed by atoms with Gasteiger partial charge in [0.2, 0.25) is 10.0 Å². The molecule has 138 valence electrons. The minimum absolute atomic E-state index is 0.0381. The van der Waals surface area contributed by atoms with Crippen molar-refractivity contribution in [3.05, 3.63) is 65.2 Å². The van der Waals surface area contributed by atoms with Crippen molar-refractivity contribution in [1.82, 2.24) is 9.21 Å². The molecule has 6 heteroatoms. The molecule has 2 aromatic rings. The van der Waals surface area contributed by atoms with Crippen LogP contribution in [0.5, 0.6) is 0 Å². The molecule has 26 heavy (non-hydrogen) atoms. The van der Waals surface area contributed by atoms with E-state index in [2.05, 4.69) is 0 Å². The van der Waals surface area contributed by atoms with Crippen molar-refractivity contribution >= 4 is 15.9 Å². The normalized spacial score (nSPS) is 16.3. The summed E-state index contributed by atoms with van der Waals surface area (Å²) in [4.78, 5) is 14.8. The summed E-state index contributed by atoms with van der Waals surface area (Å²) in [7, 11) is -3.54. The lowest BCUT2D eigenvalue weighted by Gasteiger charge is -2.22. The Morgan fingerprint density at radius 2 is 1.69 bits per heavy atom. The van der Waals surface area contributed by atoms with Gasteiger partial charge in [0.1, 0.15) is 0 Å². The van der Waals surface area contributed by atoms with Crippen LogP contribution in [-0.4, -0.2) is 49.7 Å². The minimum atomic E-state index is -3.54. The molecule has 0 bridgehead atoms. The van der Waals surface area contributed by atoms with Gasteiger partial charge in [-0.3, -0.25) is 4.79 Å². The number of carbonyl (C=O) groups excluding carboxylic acids is 1. The van der Waals surface area contributed by atoms with Crippen LogP contribution in [0.15, 0.2) is 53.4 Å². The summed E-state index contributed by atoms with van der Waals surface area (Å²) < 4.78 is 27.4. The first-order valence-electron chi connectivity index (χ1n) is 8.81. The first-order chi connectivity index (χ1) is 12.4. The van der Waals surface area contributed by atoms with Gasteiger partial charge in [-0.25, -0.2) is 8.42 Å². The van der Waals surface area contributed by atoms with Crippen LogP contribution >= 0.6 is 0 Å². The Balaban J connectivity index is 1.76. The molecule has 1 amide bonds. The van der Waals surface area contributed by atoms with Crippen LogP contribution in [0.25, 0.3) is 0 Å². The van der Waals surface area contributed by atoms with Crippen molar-refractivity contribution in [2.45, 2.75) is 25.2 Å². The summed E-state index contributed by atoms with van der Waals surface area (Å²) in [5, 5.41) is 0. The first-order valence-corrected chi connectivity index (χ1v) is 10.3. The van der Waals surface area contributed by atoms with Gasteiger partial charge in [0, 0.05) is 31.7 Å². The SMILES string of the molecule is Cc1cccc(C(=O)N2CCCN(S(=O)(=O)c3ccccc3C)CC2)c1. The molecule has 0 saturated carbocycles. The zero-order valence-corrected chi connectivity index (χ0v) is 16.0. The topological polar surface area (TPSA) is 57.7 Å². The highest BCUT2D eigenvalue weighted by Gasteiger charge is 2.29. The number of nitrogens with zero attached hydrogens (tertiary/aromatic N) is 2. The Morgan fingerprint density at radius 3 is 2.42 bits per heavy atom. The molecule has 0 aromatic heterocycles. The van der Waals surface area contributed by atoms with E-state index in [0.29, 0.717) is 43.1 Å². The first kappa shape index (κ1) is 18.6. The zero-order chi connectivity index (χ0) is 18.7. The lowest BCUT2D eigenvalue weighted by Crippen LogP contribution is -2.37. The van der Waals surface area contributed by atoms with Crippen molar-refractivity contribution in [2.75, 3.05) is 26.2 Å². The van der Waals surface area contributed by atoms with Crippen LogP contribution in [0, 0.1) is 13.8 Å². The van der Waals surface area contributed by atoms with Gasteiger partial charge in [-0.05, 0) is 44.0 Å². The van der Waals surface area contributed by atoms with Crippen LogP contribution in [-0.2, 0) is 10.0 Å². The van der Waals surface area contributed by atoms with E-state index in [1.807, 2.05) is 37.3 Å². The van der Waals surface area contributed by atoms with Gasteiger partial charge in [0.05, 0.1) is 4.90 Å². The van der Waals surface area contributed by atoms with E-state index >= 15 is 0 Å². The molecule has 1 aliphatic heterocycles. The standard InChI is InChI=1S/C20H24N2O3S/c1-16-7-5-9-18(15-16)20(23)21-11-6-12-22(14-13-21)26(24,25)19-10-4-3-8-17(19)2/h3-5,7-10,15H,6,11-14H2,1-2H3. The van der Waals surface area contributed by atoms with Gasteiger partial charge < -0.3 is 4.90 Å². The monoisotopic (exact) mass is 372 g/mol. The van der Waals surface area contributed by atoms with Gasteiger partial charge in [-0.2, -0.15) is 4.31 Å². The third-order valence-electron chi connectivity index (χ3n) is 4.72. The van der Waals surface area contributed by atoms with Gasteiger partial charge in [0.15, 0.2) is 0 Å². The van der Waals surface area contributed by atoms with Crippen molar-refractivity contribution in [3.8, 4) is 0 Å². The molecular weight excluding hydrogens is 348 g/mol. The molecule has 1 saturated heterocycles. The van der Waals surface area contributed by atoms with Gasteiger partial charge in [0.25, 0.3) is 5.91 Å². The number of aryl methyl sites for hydroxylation is 2. The maximum atomic E-state index is 13.0. The number of carbonyl (C=O) groups is 1. The summed E-state index contributed by atoms with van der Waals surface area (Å²) in [6.07, 6.45) is 0.628. The van der Waals surface area contributed by atoms with E-state index in [-0.39, 0.29) is 5.91 Å². The molecule has 1 fully saturated rings. The van der Waals surface area contributed by atoms with E-state index in [4.69, 9.17) is 0 Å². The van der Waals surface area contributed by atoms with E-state index in [0.717, 1.165) is 11.1 Å². The average molecular weight is 372 g/mol. The summed E-state index contributed by atoms with van der Waals surface area (Å²) >= 11 is 0. The fraction of sp³-hybridized carbons (Fsp3) is 0.350. The summed E-state index contributed by atoms with van der Waals surface area (Å²) in [6, 6.07) is 14.5. The minimum Gasteiger partial charge on any atom is -0.337 e. The van der Waals surface area contributed by atoms with E-state index in [1.54, 1.807) is 30.0 Å². The molecule has 5 nitrogen and oxygen atoms in total. The van der Waals surface area contributed by atoms with E-state index in [1.165, 1.54) is 4.31 Å². The Hall–Kier alpha value is -2.18. The second-order valence-electron chi connectivity index (χ2n) is 6.68. The Kier molecular flexibility index (Phi) is 5.44. The third kappa shape index (κ3) is 3.81. The third-order valence-corrected chi connectivity index (χ3v) is 6.78. The molecule has 2 aromatic carbocycles. The van der Waals surface area contributed by atoms with Crippen molar-refractivity contribution in [2.24, 2.45) is 0 Å². The second kappa shape index (κ2) is 7.60. The predicted molar refractivity (Wildman–Crippen MR) is 102 cm³/mol. The van der Waals surface area contributed by atoms with Gasteiger partial charge in [-0.1, -0.05) is 35.9 Å². The van der Waals surface area contributed by atoms with Crippen LogP contribution in [0.3, 0.4) is 0 Å². The number of hydrogen-bond acceptors (Lipinski definition) is 3. The number of hydrogen-bond donors (Lipinski definition) is 0. The number of sulfonamides is 1.